The maximum absolute atomic E-state index is 13.7. The number of aryl methyl sites for hydroxylation is 1. The third-order valence-corrected chi connectivity index (χ3v) is 3.52. The quantitative estimate of drug-likeness (QED) is 0.768. The Morgan fingerprint density at radius 2 is 1.81 bits per heavy atom. The van der Waals surface area contributed by atoms with Gasteiger partial charge in [0.25, 0.3) is 0 Å². The fraction of sp³-hybridized carbons (Fsp3) is 0.308. The SMILES string of the molecule is CCc1nc(-c2cc(F)c(OCC(F)(F)F)c(F)c2)cs1. The van der Waals surface area contributed by atoms with Crippen LogP contribution >= 0.6 is 11.3 Å². The van der Waals surface area contributed by atoms with Gasteiger partial charge in [-0.25, -0.2) is 13.8 Å². The molecule has 0 N–H and O–H groups in total. The summed E-state index contributed by atoms with van der Waals surface area (Å²) in [7, 11) is 0. The zero-order valence-electron chi connectivity index (χ0n) is 10.8. The van der Waals surface area contributed by atoms with Gasteiger partial charge in [0.1, 0.15) is 0 Å². The first-order valence-corrected chi connectivity index (χ1v) is 6.81. The molecule has 0 fully saturated rings. The lowest BCUT2D eigenvalue weighted by Gasteiger charge is -2.11. The van der Waals surface area contributed by atoms with E-state index in [0.29, 0.717) is 12.1 Å². The summed E-state index contributed by atoms with van der Waals surface area (Å²) in [6.07, 6.45) is -3.98. The van der Waals surface area contributed by atoms with Crippen molar-refractivity contribution in [3.8, 4) is 17.0 Å². The van der Waals surface area contributed by atoms with Crippen LogP contribution in [0.25, 0.3) is 11.3 Å². The highest BCUT2D eigenvalue weighted by Gasteiger charge is 2.30. The van der Waals surface area contributed by atoms with Crippen molar-refractivity contribution >= 4 is 11.3 Å². The molecule has 0 radical (unpaired) electrons. The number of nitrogens with zero attached hydrogens (tertiary/aromatic N) is 1. The Morgan fingerprint density at radius 3 is 2.29 bits per heavy atom. The lowest BCUT2D eigenvalue weighted by atomic mass is 10.1. The minimum Gasteiger partial charge on any atom is -0.478 e. The van der Waals surface area contributed by atoms with Crippen molar-refractivity contribution in [1.29, 1.82) is 0 Å². The van der Waals surface area contributed by atoms with Gasteiger partial charge >= 0.3 is 6.18 Å². The fourth-order valence-electron chi connectivity index (χ4n) is 1.61. The lowest BCUT2D eigenvalue weighted by molar-refractivity contribution is -0.154. The molecular formula is C13H10F5NOS. The molecule has 2 nitrogen and oxygen atoms in total. The maximum atomic E-state index is 13.7. The summed E-state index contributed by atoms with van der Waals surface area (Å²) in [6.45, 7) is 0.134. The Hall–Kier alpha value is -1.70. The van der Waals surface area contributed by atoms with Crippen LogP contribution in [0.2, 0.25) is 0 Å². The molecule has 0 unspecified atom stereocenters. The summed E-state index contributed by atoms with van der Waals surface area (Å²) in [5.74, 6) is -3.43. The van der Waals surface area contributed by atoms with Crippen molar-refractivity contribution in [2.75, 3.05) is 6.61 Å². The average Bonchev–Trinajstić information content (AvgIpc) is 2.85. The van der Waals surface area contributed by atoms with Crippen LogP contribution in [0.5, 0.6) is 5.75 Å². The predicted octanol–water partition coefficient (Wildman–Crippen LogP) is 4.59. The van der Waals surface area contributed by atoms with E-state index in [-0.39, 0.29) is 5.56 Å². The molecule has 2 rings (SSSR count). The number of hydrogen-bond acceptors (Lipinski definition) is 3. The number of halogens is 5. The third kappa shape index (κ3) is 3.90. The van der Waals surface area contributed by atoms with Gasteiger partial charge < -0.3 is 4.74 Å². The number of benzene rings is 1. The minimum absolute atomic E-state index is 0.153. The van der Waals surface area contributed by atoms with Crippen LogP contribution in [-0.2, 0) is 6.42 Å². The molecule has 0 atom stereocenters. The van der Waals surface area contributed by atoms with Crippen molar-refractivity contribution in [2.24, 2.45) is 0 Å². The van der Waals surface area contributed by atoms with Crippen LogP contribution in [0.1, 0.15) is 11.9 Å². The summed E-state index contributed by atoms with van der Waals surface area (Å²) in [5, 5.41) is 2.42. The number of thiazole rings is 1. The zero-order valence-corrected chi connectivity index (χ0v) is 11.6. The first-order valence-electron chi connectivity index (χ1n) is 5.93. The van der Waals surface area contributed by atoms with E-state index in [4.69, 9.17) is 0 Å². The van der Waals surface area contributed by atoms with Crippen molar-refractivity contribution in [2.45, 2.75) is 19.5 Å². The Bertz CT molecular complexity index is 615. The molecule has 0 saturated carbocycles. The summed E-state index contributed by atoms with van der Waals surface area (Å²) < 4.78 is 67.6. The third-order valence-electron chi connectivity index (χ3n) is 2.53. The number of aromatic nitrogens is 1. The number of alkyl halides is 3. The number of rotatable bonds is 4. The minimum atomic E-state index is -4.66. The summed E-state index contributed by atoms with van der Waals surface area (Å²) >= 11 is 1.34. The second-order valence-electron chi connectivity index (χ2n) is 4.15. The maximum Gasteiger partial charge on any atom is 0.422 e. The van der Waals surface area contributed by atoms with Crippen molar-refractivity contribution < 1.29 is 26.7 Å². The molecule has 0 amide bonds. The molecule has 1 aromatic heterocycles. The Morgan fingerprint density at radius 1 is 1.19 bits per heavy atom. The Labute approximate surface area is 121 Å². The van der Waals surface area contributed by atoms with E-state index in [1.165, 1.54) is 11.3 Å². The highest BCUT2D eigenvalue weighted by molar-refractivity contribution is 7.09. The van der Waals surface area contributed by atoms with E-state index in [1.54, 1.807) is 5.38 Å². The molecule has 0 spiro atoms. The second-order valence-corrected chi connectivity index (χ2v) is 5.10. The molecule has 0 aliphatic rings. The molecule has 0 saturated heterocycles. The highest BCUT2D eigenvalue weighted by atomic mass is 32.1. The highest BCUT2D eigenvalue weighted by Crippen LogP contribution is 2.30. The largest absolute Gasteiger partial charge is 0.478 e. The van der Waals surface area contributed by atoms with Crippen LogP contribution in [0.4, 0.5) is 22.0 Å². The van der Waals surface area contributed by atoms with Crippen LogP contribution in [0, 0.1) is 11.6 Å². The van der Waals surface area contributed by atoms with Gasteiger partial charge in [0, 0.05) is 10.9 Å². The molecule has 1 aromatic carbocycles. The van der Waals surface area contributed by atoms with Gasteiger partial charge in [0.15, 0.2) is 24.0 Å². The molecule has 114 valence electrons. The Balaban J connectivity index is 2.28. The van der Waals surface area contributed by atoms with Gasteiger partial charge in [-0.1, -0.05) is 6.92 Å². The fourth-order valence-corrected chi connectivity index (χ4v) is 2.36. The molecule has 21 heavy (non-hydrogen) atoms. The van der Waals surface area contributed by atoms with Crippen LogP contribution in [0.3, 0.4) is 0 Å². The van der Waals surface area contributed by atoms with E-state index in [9.17, 15) is 22.0 Å². The van der Waals surface area contributed by atoms with Gasteiger partial charge in [-0.15, -0.1) is 11.3 Å². The number of ether oxygens (including phenoxy) is 1. The lowest BCUT2D eigenvalue weighted by Crippen LogP contribution is -2.20. The van der Waals surface area contributed by atoms with Crippen molar-refractivity contribution in [1.82, 2.24) is 4.98 Å². The topological polar surface area (TPSA) is 22.1 Å². The predicted molar refractivity (Wildman–Crippen MR) is 68.4 cm³/mol. The molecule has 1 heterocycles. The molecule has 0 aliphatic heterocycles. The standard InChI is InChI=1S/C13H10F5NOS/c1-2-11-19-10(5-21-11)7-3-8(14)12(9(15)4-7)20-6-13(16,17)18/h3-5H,2,6H2,1H3. The van der Waals surface area contributed by atoms with Gasteiger partial charge in [0.2, 0.25) is 0 Å². The normalized spacial score (nSPS) is 11.7. The van der Waals surface area contributed by atoms with Gasteiger partial charge in [-0.3, -0.25) is 0 Å². The van der Waals surface area contributed by atoms with E-state index in [0.717, 1.165) is 17.1 Å². The molecule has 2 aromatic rings. The first-order chi connectivity index (χ1) is 9.80. The smallest absolute Gasteiger partial charge is 0.422 e. The van der Waals surface area contributed by atoms with E-state index in [2.05, 4.69) is 9.72 Å². The summed E-state index contributed by atoms with van der Waals surface area (Å²) in [5.41, 5.74) is 0.525. The van der Waals surface area contributed by atoms with E-state index >= 15 is 0 Å². The van der Waals surface area contributed by atoms with E-state index in [1.807, 2.05) is 6.92 Å². The van der Waals surface area contributed by atoms with Crippen LogP contribution in [-0.4, -0.2) is 17.8 Å². The van der Waals surface area contributed by atoms with Crippen molar-refractivity contribution in [3.63, 3.8) is 0 Å². The number of hydrogen-bond donors (Lipinski definition) is 0. The van der Waals surface area contributed by atoms with Gasteiger partial charge in [-0.2, -0.15) is 13.2 Å². The first kappa shape index (κ1) is 15.7. The van der Waals surface area contributed by atoms with Crippen molar-refractivity contribution in [3.05, 3.63) is 34.2 Å². The summed E-state index contributed by atoms with van der Waals surface area (Å²) in [4.78, 5) is 4.16. The molecule has 0 bridgehead atoms. The second kappa shape index (κ2) is 5.97. The van der Waals surface area contributed by atoms with E-state index < -0.39 is 30.2 Å². The average molecular weight is 323 g/mol. The molecule has 0 aliphatic carbocycles. The monoisotopic (exact) mass is 323 g/mol. The van der Waals surface area contributed by atoms with Gasteiger partial charge in [0.05, 0.1) is 10.7 Å². The molecule has 8 heteroatoms. The summed E-state index contributed by atoms with van der Waals surface area (Å²) in [6, 6.07) is 1.81. The Kier molecular flexibility index (Phi) is 4.46. The van der Waals surface area contributed by atoms with Gasteiger partial charge in [-0.05, 0) is 18.6 Å². The zero-order chi connectivity index (χ0) is 15.6. The van der Waals surface area contributed by atoms with Crippen LogP contribution in [0.15, 0.2) is 17.5 Å². The molecular weight excluding hydrogens is 313 g/mol. The van der Waals surface area contributed by atoms with Crippen LogP contribution < -0.4 is 4.74 Å².